The molecule has 4 nitrogen and oxygen atoms in total. The first-order valence-corrected chi connectivity index (χ1v) is 9.02. The van der Waals surface area contributed by atoms with Crippen molar-refractivity contribution in [3.63, 3.8) is 0 Å². The quantitative estimate of drug-likeness (QED) is 0.896. The largest absolute Gasteiger partial charge is 0.347 e. The summed E-state index contributed by atoms with van der Waals surface area (Å²) in [6.07, 6.45) is 2.53. The molecule has 0 saturated carbocycles. The first-order chi connectivity index (χ1) is 11.1. The van der Waals surface area contributed by atoms with Crippen molar-refractivity contribution >= 4 is 28.8 Å². The van der Waals surface area contributed by atoms with Crippen LogP contribution in [0.3, 0.4) is 0 Å². The number of thiazole rings is 1. The average molecular weight is 350 g/mol. The van der Waals surface area contributed by atoms with Gasteiger partial charge in [-0.3, -0.25) is 9.69 Å². The van der Waals surface area contributed by atoms with Gasteiger partial charge in [0, 0.05) is 11.6 Å². The number of halogens is 1. The SMILES string of the molecule is Cc1nc(CN2CCCC2)sc1C(=O)NCc1ccc(Cl)cc1. The van der Waals surface area contributed by atoms with Crippen LogP contribution in [-0.2, 0) is 13.1 Å². The van der Waals surface area contributed by atoms with Gasteiger partial charge in [0.2, 0.25) is 0 Å². The molecule has 0 bridgehead atoms. The third-order valence-electron chi connectivity index (χ3n) is 3.97. The number of aryl methyl sites for hydroxylation is 1. The number of hydrogen-bond donors (Lipinski definition) is 1. The van der Waals surface area contributed by atoms with E-state index in [9.17, 15) is 4.79 Å². The van der Waals surface area contributed by atoms with E-state index in [1.807, 2.05) is 31.2 Å². The highest BCUT2D eigenvalue weighted by Gasteiger charge is 2.18. The zero-order valence-corrected chi connectivity index (χ0v) is 14.7. The molecule has 1 aliphatic heterocycles. The molecule has 2 aromatic rings. The van der Waals surface area contributed by atoms with Crippen molar-refractivity contribution in [3.05, 3.63) is 50.4 Å². The molecular weight excluding hydrogens is 330 g/mol. The number of carbonyl (C=O) groups excluding carboxylic acids is 1. The first kappa shape index (κ1) is 16.4. The minimum absolute atomic E-state index is 0.0531. The number of hydrogen-bond acceptors (Lipinski definition) is 4. The second-order valence-corrected chi connectivity index (χ2v) is 7.33. The lowest BCUT2D eigenvalue weighted by Gasteiger charge is -2.11. The van der Waals surface area contributed by atoms with Crippen molar-refractivity contribution in [1.82, 2.24) is 15.2 Å². The van der Waals surface area contributed by atoms with Gasteiger partial charge in [-0.2, -0.15) is 0 Å². The molecule has 0 aliphatic carbocycles. The lowest BCUT2D eigenvalue weighted by Crippen LogP contribution is -2.22. The smallest absolute Gasteiger partial charge is 0.263 e. The van der Waals surface area contributed by atoms with Crippen LogP contribution < -0.4 is 5.32 Å². The average Bonchev–Trinajstić information content (AvgIpc) is 3.16. The van der Waals surface area contributed by atoms with Crippen LogP contribution in [-0.4, -0.2) is 28.9 Å². The maximum atomic E-state index is 12.4. The lowest BCUT2D eigenvalue weighted by molar-refractivity contribution is 0.0954. The maximum Gasteiger partial charge on any atom is 0.263 e. The standard InChI is InChI=1S/C17H20ClN3OS/c1-12-16(23-15(20-12)11-21-8-2-3-9-21)17(22)19-10-13-4-6-14(18)7-5-13/h4-7H,2-3,8-11H2,1H3,(H,19,22). The van der Waals surface area contributed by atoms with E-state index in [1.54, 1.807) is 0 Å². The highest BCUT2D eigenvalue weighted by atomic mass is 35.5. The Morgan fingerprint density at radius 2 is 2.00 bits per heavy atom. The molecule has 1 aromatic heterocycles. The van der Waals surface area contributed by atoms with E-state index >= 15 is 0 Å². The Bertz CT molecular complexity index is 678. The molecule has 1 fully saturated rings. The summed E-state index contributed by atoms with van der Waals surface area (Å²) >= 11 is 7.37. The molecule has 122 valence electrons. The normalized spacial score (nSPS) is 15.0. The molecule has 1 amide bonds. The van der Waals surface area contributed by atoms with Crippen molar-refractivity contribution in [2.75, 3.05) is 13.1 Å². The second kappa shape index (κ2) is 7.43. The summed E-state index contributed by atoms with van der Waals surface area (Å²) in [5.41, 5.74) is 1.85. The Morgan fingerprint density at radius 3 is 2.70 bits per heavy atom. The number of carbonyl (C=O) groups is 1. The number of rotatable bonds is 5. The van der Waals surface area contributed by atoms with Gasteiger partial charge in [0.15, 0.2) is 0 Å². The lowest BCUT2D eigenvalue weighted by atomic mass is 10.2. The number of aromatic nitrogens is 1. The number of amides is 1. The van der Waals surface area contributed by atoms with Gasteiger partial charge in [0.1, 0.15) is 9.88 Å². The second-order valence-electron chi connectivity index (χ2n) is 5.81. The Balaban J connectivity index is 1.60. The molecule has 0 radical (unpaired) electrons. The van der Waals surface area contributed by atoms with Crippen LogP contribution in [0.1, 0.15) is 38.8 Å². The van der Waals surface area contributed by atoms with E-state index in [0.29, 0.717) is 16.4 Å². The molecule has 1 aromatic carbocycles. The van der Waals surface area contributed by atoms with E-state index < -0.39 is 0 Å². The van der Waals surface area contributed by atoms with E-state index in [-0.39, 0.29) is 5.91 Å². The van der Waals surface area contributed by atoms with E-state index in [4.69, 9.17) is 11.6 Å². The molecule has 0 unspecified atom stereocenters. The summed E-state index contributed by atoms with van der Waals surface area (Å²) in [7, 11) is 0. The number of nitrogens with zero attached hydrogens (tertiary/aromatic N) is 2. The number of likely N-dealkylation sites (tertiary alicyclic amines) is 1. The Morgan fingerprint density at radius 1 is 1.30 bits per heavy atom. The summed E-state index contributed by atoms with van der Waals surface area (Å²) in [6, 6.07) is 7.49. The fourth-order valence-corrected chi connectivity index (χ4v) is 3.88. The predicted octanol–water partition coefficient (Wildman–Crippen LogP) is 3.63. The minimum Gasteiger partial charge on any atom is -0.347 e. The van der Waals surface area contributed by atoms with Crippen LogP contribution in [0.25, 0.3) is 0 Å². The van der Waals surface area contributed by atoms with Gasteiger partial charge in [-0.25, -0.2) is 4.98 Å². The Kier molecular flexibility index (Phi) is 5.30. The molecule has 0 spiro atoms. The predicted molar refractivity (Wildman–Crippen MR) is 94.0 cm³/mol. The molecule has 1 aliphatic rings. The monoisotopic (exact) mass is 349 g/mol. The van der Waals surface area contributed by atoms with Gasteiger partial charge in [0.25, 0.3) is 5.91 Å². The fraction of sp³-hybridized carbons (Fsp3) is 0.412. The van der Waals surface area contributed by atoms with Crippen molar-refractivity contribution in [1.29, 1.82) is 0 Å². The highest BCUT2D eigenvalue weighted by molar-refractivity contribution is 7.13. The van der Waals surface area contributed by atoms with Crippen LogP contribution in [0.4, 0.5) is 0 Å². The van der Waals surface area contributed by atoms with Gasteiger partial charge >= 0.3 is 0 Å². The highest BCUT2D eigenvalue weighted by Crippen LogP contribution is 2.21. The zero-order chi connectivity index (χ0) is 16.2. The Hall–Kier alpha value is -1.43. The number of benzene rings is 1. The van der Waals surface area contributed by atoms with E-state index in [1.165, 1.54) is 24.2 Å². The Labute approximate surface area is 145 Å². The fourth-order valence-electron chi connectivity index (χ4n) is 2.73. The van der Waals surface area contributed by atoms with Crippen molar-refractivity contribution in [3.8, 4) is 0 Å². The third kappa shape index (κ3) is 4.31. The topological polar surface area (TPSA) is 45.2 Å². The van der Waals surface area contributed by atoms with E-state index in [2.05, 4.69) is 15.2 Å². The molecular formula is C17H20ClN3OS. The summed E-state index contributed by atoms with van der Waals surface area (Å²) < 4.78 is 0. The van der Waals surface area contributed by atoms with Gasteiger partial charge in [-0.05, 0) is 50.6 Å². The van der Waals surface area contributed by atoms with Gasteiger partial charge in [-0.15, -0.1) is 11.3 Å². The molecule has 1 saturated heterocycles. The molecule has 1 N–H and O–H groups in total. The van der Waals surface area contributed by atoms with E-state index in [0.717, 1.165) is 35.9 Å². The summed E-state index contributed by atoms with van der Waals surface area (Å²) in [4.78, 5) is 20.0. The summed E-state index contributed by atoms with van der Waals surface area (Å²) in [5, 5.41) is 4.69. The van der Waals surface area contributed by atoms with Gasteiger partial charge in [0.05, 0.1) is 12.2 Å². The van der Waals surface area contributed by atoms with Crippen molar-refractivity contribution in [2.24, 2.45) is 0 Å². The minimum atomic E-state index is -0.0531. The summed E-state index contributed by atoms with van der Waals surface area (Å²) in [5.74, 6) is -0.0531. The summed E-state index contributed by atoms with van der Waals surface area (Å²) in [6.45, 7) is 5.53. The molecule has 6 heteroatoms. The van der Waals surface area contributed by atoms with Crippen LogP contribution in [0.2, 0.25) is 5.02 Å². The van der Waals surface area contributed by atoms with Crippen molar-refractivity contribution < 1.29 is 4.79 Å². The van der Waals surface area contributed by atoms with Crippen LogP contribution in [0.15, 0.2) is 24.3 Å². The number of nitrogens with one attached hydrogen (secondary N) is 1. The first-order valence-electron chi connectivity index (χ1n) is 7.83. The van der Waals surface area contributed by atoms with Crippen LogP contribution in [0, 0.1) is 6.92 Å². The zero-order valence-electron chi connectivity index (χ0n) is 13.1. The van der Waals surface area contributed by atoms with Crippen LogP contribution >= 0.6 is 22.9 Å². The molecule has 0 atom stereocenters. The molecule has 2 heterocycles. The molecule has 3 rings (SSSR count). The maximum absolute atomic E-state index is 12.4. The van der Waals surface area contributed by atoms with Gasteiger partial charge in [-0.1, -0.05) is 23.7 Å². The van der Waals surface area contributed by atoms with Crippen molar-refractivity contribution in [2.45, 2.75) is 32.9 Å². The van der Waals surface area contributed by atoms with Gasteiger partial charge < -0.3 is 5.32 Å². The van der Waals surface area contributed by atoms with Crippen LogP contribution in [0.5, 0.6) is 0 Å². The third-order valence-corrected chi connectivity index (χ3v) is 5.36. The molecule has 23 heavy (non-hydrogen) atoms.